The Morgan fingerprint density at radius 2 is 2.06 bits per heavy atom. The van der Waals surface area contributed by atoms with Crippen LogP contribution < -0.4 is 0 Å². The second-order valence-electron chi connectivity index (χ2n) is 4.32. The molecule has 2 aromatic rings. The van der Waals surface area contributed by atoms with E-state index >= 15 is 0 Å². The van der Waals surface area contributed by atoms with Gasteiger partial charge in [-0.1, -0.05) is 25.1 Å². The topological polar surface area (TPSA) is 44.8 Å². The van der Waals surface area contributed by atoms with E-state index in [1.54, 1.807) is 12.1 Å². The lowest BCUT2D eigenvalue weighted by atomic mass is 10.2. The Morgan fingerprint density at radius 1 is 1.28 bits per heavy atom. The van der Waals surface area contributed by atoms with Crippen molar-refractivity contribution in [3.8, 4) is 0 Å². The van der Waals surface area contributed by atoms with Crippen LogP contribution in [-0.4, -0.2) is 27.1 Å². The molecule has 1 N–H and O–H groups in total. The first-order valence-electron chi connectivity index (χ1n) is 6.01. The lowest BCUT2D eigenvalue weighted by Crippen LogP contribution is -2.18. The van der Waals surface area contributed by atoms with Crippen LogP contribution in [0, 0.1) is 5.82 Å². The summed E-state index contributed by atoms with van der Waals surface area (Å²) >= 11 is 0. The average molecular weight is 248 g/mol. The van der Waals surface area contributed by atoms with Crippen molar-refractivity contribution in [3.05, 3.63) is 47.3 Å². The summed E-state index contributed by atoms with van der Waals surface area (Å²) in [5.74, 6) is 1.45. The summed E-state index contributed by atoms with van der Waals surface area (Å²) in [5.41, 5.74) is 0.690. The lowest BCUT2D eigenvalue weighted by molar-refractivity contribution is 0.306. The maximum atomic E-state index is 13.5. The smallest absolute Gasteiger partial charge is 0.150 e. The third-order valence-corrected chi connectivity index (χ3v) is 2.71. The summed E-state index contributed by atoms with van der Waals surface area (Å²) in [7, 11) is 1.93. The quantitative estimate of drug-likeness (QED) is 0.881. The van der Waals surface area contributed by atoms with Gasteiger partial charge in [0.05, 0.1) is 6.54 Å². The highest BCUT2D eigenvalue weighted by Gasteiger charge is 2.08. The van der Waals surface area contributed by atoms with Gasteiger partial charge in [0.15, 0.2) is 0 Å². The predicted octanol–water partition coefficient (Wildman–Crippen LogP) is 2.14. The van der Waals surface area contributed by atoms with E-state index in [1.165, 1.54) is 6.07 Å². The Bertz CT molecular complexity index is 509. The molecule has 0 amide bonds. The van der Waals surface area contributed by atoms with E-state index in [1.807, 2.05) is 24.9 Å². The second kappa shape index (κ2) is 5.73. The van der Waals surface area contributed by atoms with Crippen molar-refractivity contribution in [1.82, 2.24) is 20.1 Å². The number of aromatic nitrogens is 3. The highest BCUT2D eigenvalue weighted by molar-refractivity contribution is 5.17. The molecule has 0 radical (unpaired) electrons. The van der Waals surface area contributed by atoms with Crippen LogP contribution in [-0.2, 0) is 19.5 Å². The van der Waals surface area contributed by atoms with Crippen LogP contribution in [0.5, 0.6) is 0 Å². The largest absolute Gasteiger partial charge is 0.295 e. The summed E-state index contributed by atoms with van der Waals surface area (Å²) in [5, 5.41) is 6.97. The number of aryl methyl sites for hydroxylation is 1. The Kier molecular flexibility index (Phi) is 4.04. The van der Waals surface area contributed by atoms with Gasteiger partial charge in [-0.2, -0.15) is 5.10 Å². The molecule has 1 aromatic carbocycles. The van der Waals surface area contributed by atoms with Crippen LogP contribution >= 0.6 is 0 Å². The summed E-state index contributed by atoms with van der Waals surface area (Å²) in [4.78, 5) is 6.33. The summed E-state index contributed by atoms with van der Waals surface area (Å²) in [6.45, 7) is 3.19. The van der Waals surface area contributed by atoms with Gasteiger partial charge >= 0.3 is 0 Å². The highest BCUT2D eigenvalue weighted by atomic mass is 19.1. The number of hydrogen-bond acceptors (Lipinski definition) is 3. The first-order valence-corrected chi connectivity index (χ1v) is 6.01. The Labute approximate surface area is 106 Å². The Morgan fingerprint density at radius 3 is 2.72 bits per heavy atom. The molecule has 0 spiro atoms. The first-order chi connectivity index (χ1) is 8.69. The molecule has 0 saturated carbocycles. The molecule has 96 valence electrons. The van der Waals surface area contributed by atoms with E-state index in [4.69, 9.17) is 0 Å². The number of hydrogen-bond donors (Lipinski definition) is 1. The summed E-state index contributed by atoms with van der Waals surface area (Å²) in [6.07, 6.45) is 0.813. The molecule has 0 aliphatic rings. The van der Waals surface area contributed by atoms with Crippen molar-refractivity contribution >= 4 is 0 Å². The molecule has 0 aliphatic heterocycles. The standard InChI is InChI=1S/C13H17FN4/c1-3-12-15-13(17-16-12)9-18(2)8-10-6-4-5-7-11(10)14/h4-7H,3,8-9H2,1-2H3,(H,15,16,17). The normalized spacial score (nSPS) is 11.1. The van der Waals surface area contributed by atoms with Crippen LogP contribution in [0.3, 0.4) is 0 Å². The molecule has 0 bridgehead atoms. The molecule has 5 heteroatoms. The van der Waals surface area contributed by atoms with Crippen molar-refractivity contribution in [2.24, 2.45) is 0 Å². The third-order valence-electron chi connectivity index (χ3n) is 2.71. The SMILES string of the molecule is CCc1n[nH]c(CN(C)Cc2ccccc2F)n1. The van der Waals surface area contributed by atoms with Crippen LogP contribution in [0.1, 0.15) is 24.1 Å². The second-order valence-corrected chi connectivity index (χ2v) is 4.32. The zero-order valence-corrected chi connectivity index (χ0v) is 10.7. The molecule has 4 nitrogen and oxygen atoms in total. The van der Waals surface area contributed by atoms with E-state index in [0.717, 1.165) is 18.1 Å². The van der Waals surface area contributed by atoms with Gasteiger partial charge < -0.3 is 0 Å². The molecule has 0 fully saturated rings. The zero-order chi connectivity index (χ0) is 13.0. The fraction of sp³-hybridized carbons (Fsp3) is 0.385. The molecule has 2 rings (SSSR count). The Balaban J connectivity index is 1.96. The zero-order valence-electron chi connectivity index (χ0n) is 10.7. The van der Waals surface area contributed by atoms with E-state index in [-0.39, 0.29) is 5.82 Å². The van der Waals surface area contributed by atoms with Crippen molar-refractivity contribution in [3.63, 3.8) is 0 Å². The molecule has 0 aliphatic carbocycles. The monoisotopic (exact) mass is 248 g/mol. The molecule has 0 saturated heterocycles. The minimum Gasteiger partial charge on any atom is -0.295 e. The van der Waals surface area contributed by atoms with Gasteiger partial charge in [-0.3, -0.25) is 10.00 Å². The average Bonchev–Trinajstić information content (AvgIpc) is 2.80. The summed E-state index contributed by atoms with van der Waals surface area (Å²) in [6, 6.07) is 6.81. The summed E-state index contributed by atoms with van der Waals surface area (Å²) < 4.78 is 13.5. The van der Waals surface area contributed by atoms with Gasteiger partial charge in [-0.05, 0) is 13.1 Å². The Hall–Kier alpha value is -1.75. The molecular weight excluding hydrogens is 231 g/mol. The van der Waals surface area contributed by atoms with Crippen molar-refractivity contribution in [1.29, 1.82) is 0 Å². The van der Waals surface area contributed by atoms with Gasteiger partial charge in [0.2, 0.25) is 0 Å². The fourth-order valence-electron chi connectivity index (χ4n) is 1.79. The van der Waals surface area contributed by atoms with E-state index in [0.29, 0.717) is 18.7 Å². The third kappa shape index (κ3) is 3.13. The number of rotatable bonds is 5. The minimum absolute atomic E-state index is 0.170. The van der Waals surface area contributed by atoms with Crippen molar-refractivity contribution in [2.45, 2.75) is 26.4 Å². The number of benzene rings is 1. The van der Waals surface area contributed by atoms with Crippen molar-refractivity contribution < 1.29 is 4.39 Å². The molecule has 0 unspecified atom stereocenters. The van der Waals surface area contributed by atoms with Gasteiger partial charge in [0.25, 0.3) is 0 Å². The highest BCUT2D eigenvalue weighted by Crippen LogP contribution is 2.10. The molecule has 1 heterocycles. The van der Waals surface area contributed by atoms with Crippen molar-refractivity contribution in [2.75, 3.05) is 7.05 Å². The van der Waals surface area contributed by atoms with Crippen LogP contribution in [0.2, 0.25) is 0 Å². The van der Waals surface area contributed by atoms with Crippen LogP contribution in [0.15, 0.2) is 24.3 Å². The minimum atomic E-state index is -0.170. The number of nitrogens with zero attached hydrogens (tertiary/aromatic N) is 3. The van der Waals surface area contributed by atoms with E-state index in [9.17, 15) is 4.39 Å². The van der Waals surface area contributed by atoms with Gasteiger partial charge in [-0.15, -0.1) is 0 Å². The van der Waals surface area contributed by atoms with Gasteiger partial charge in [-0.25, -0.2) is 9.37 Å². The molecular formula is C13H17FN4. The molecule has 1 aromatic heterocycles. The van der Waals surface area contributed by atoms with E-state index < -0.39 is 0 Å². The maximum absolute atomic E-state index is 13.5. The van der Waals surface area contributed by atoms with Crippen LogP contribution in [0.4, 0.5) is 4.39 Å². The molecule has 18 heavy (non-hydrogen) atoms. The van der Waals surface area contributed by atoms with E-state index in [2.05, 4.69) is 15.2 Å². The number of halogens is 1. The number of nitrogens with one attached hydrogen (secondary N) is 1. The van der Waals surface area contributed by atoms with Gasteiger partial charge in [0.1, 0.15) is 17.5 Å². The lowest BCUT2D eigenvalue weighted by Gasteiger charge is -2.15. The fourth-order valence-corrected chi connectivity index (χ4v) is 1.79. The number of H-pyrrole nitrogens is 1. The first kappa shape index (κ1) is 12.7. The predicted molar refractivity (Wildman–Crippen MR) is 67.3 cm³/mol. The number of aromatic amines is 1. The maximum Gasteiger partial charge on any atom is 0.150 e. The van der Waals surface area contributed by atoms with Crippen LogP contribution in [0.25, 0.3) is 0 Å². The molecule has 0 atom stereocenters. The van der Waals surface area contributed by atoms with Gasteiger partial charge in [0, 0.05) is 18.5 Å².